The minimum Gasteiger partial charge on any atom is -0.466 e. The molecular formula is C42H80O8. The fourth-order valence-electron chi connectivity index (χ4n) is 5.22. The quantitative estimate of drug-likeness (QED) is 0.0359. The largest absolute Gasteiger partial charge is 0.466 e. The van der Waals surface area contributed by atoms with Gasteiger partial charge in [-0.2, -0.15) is 0 Å². The van der Waals surface area contributed by atoms with Crippen molar-refractivity contribution in [3.63, 3.8) is 0 Å². The summed E-state index contributed by atoms with van der Waals surface area (Å²) in [6.07, 6.45) is 30.4. The first-order chi connectivity index (χ1) is 24.4. The minimum absolute atomic E-state index is 0.0448. The van der Waals surface area contributed by atoms with Gasteiger partial charge in [0.1, 0.15) is 0 Å². The van der Waals surface area contributed by atoms with Gasteiger partial charge in [0.25, 0.3) is 0 Å². The minimum atomic E-state index is -0.0996. The summed E-state index contributed by atoms with van der Waals surface area (Å²) < 4.78 is 20.7. The lowest BCUT2D eigenvalue weighted by atomic mass is 10.1. The van der Waals surface area contributed by atoms with Crippen LogP contribution in [0.3, 0.4) is 0 Å². The van der Waals surface area contributed by atoms with Crippen LogP contribution < -0.4 is 0 Å². The molecule has 0 atom stereocenters. The van der Waals surface area contributed by atoms with Crippen LogP contribution in [0.25, 0.3) is 0 Å². The predicted octanol–water partition coefficient (Wildman–Crippen LogP) is 11.9. The van der Waals surface area contributed by atoms with Gasteiger partial charge in [0.15, 0.2) is 0 Å². The number of ether oxygens (including phenoxy) is 4. The number of rotatable bonds is 36. The van der Waals surface area contributed by atoms with Crippen molar-refractivity contribution >= 4 is 23.9 Å². The van der Waals surface area contributed by atoms with E-state index in [4.69, 9.17) is 18.9 Å². The van der Waals surface area contributed by atoms with Crippen LogP contribution in [0.15, 0.2) is 0 Å². The van der Waals surface area contributed by atoms with E-state index >= 15 is 0 Å². The van der Waals surface area contributed by atoms with Gasteiger partial charge in [0.2, 0.25) is 0 Å². The molecule has 0 aliphatic rings. The highest BCUT2D eigenvalue weighted by Gasteiger charge is 2.06. The molecular weight excluding hydrogens is 632 g/mol. The zero-order valence-electron chi connectivity index (χ0n) is 33.3. The van der Waals surface area contributed by atoms with Gasteiger partial charge in [-0.1, -0.05) is 143 Å². The number of esters is 4. The molecule has 0 amide bonds. The molecule has 0 N–H and O–H groups in total. The molecule has 0 aromatic heterocycles. The monoisotopic (exact) mass is 713 g/mol. The molecule has 0 radical (unpaired) electrons. The molecule has 0 aliphatic carbocycles. The summed E-state index contributed by atoms with van der Waals surface area (Å²) in [6, 6.07) is 0. The molecule has 0 fully saturated rings. The highest BCUT2D eigenvalue weighted by Crippen LogP contribution is 2.12. The van der Waals surface area contributed by atoms with Crippen LogP contribution in [-0.2, 0) is 38.1 Å². The van der Waals surface area contributed by atoms with Crippen LogP contribution in [0.4, 0.5) is 0 Å². The molecule has 296 valence electrons. The van der Waals surface area contributed by atoms with Crippen molar-refractivity contribution in [3.05, 3.63) is 0 Å². The fraction of sp³-hybridized carbons (Fsp3) is 0.905. The van der Waals surface area contributed by atoms with Gasteiger partial charge >= 0.3 is 23.9 Å². The second-order valence-corrected chi connectivity index (χ2v) is 13.7. The number of hydrogen-bond donors (Lipinski definition) is 0. The van der Waals surface area contributed by atoms with Crippen molar-refractivity contribution in [2.75, 3.05) is 26.4 Å². The van der Waals surface area contributed by atoms with Crippen LogP contribution in [0.1, 0.15) is 220 Å². The van der Waals surface area contributed by atoms with Crippen molar-refractivity contribution in [1.29, 1.82) is 0 Å². The lowest BCUT2D eigenvalue weighted by Crippen LogP contribution is -2.06. The standard InChI is InChI=1S/C26H50O4.C16H30O4/c1-3-5-7-9-15-19-23-29-25(27)21-17-13-11-12-14-18-22-26(28)30-24-20-16-10-8-6-4-2;1-3-5-13-19-15(17)11-9-7-8-10-12-16(18)20-14-6-4-2/h3-24H2,1-2H3;3-14H2,1-2H3. The topological polar surface area (TPSA) is 105 Å². The molecule has 50 heavy (non-hydrogen) atoms. The summed E-state index contributed by atoms with van der Waals surface area (Å²) in [5.74, 6) is -0.289. The van der Waals surface area contributed by atoms with E-state index in [1.807, 2.05) is 0 Å². The first-order valence-electron chi connectivity index (χ1n) is 21.0. The Bertz CT molecular complexity index is 692. The van der Waals surface area contributed by atoms with E-state index < -0.39 is 0 Å². The zero-order valence-corrected chi connectivity index (χ0v) is 33.3. The Labute approximate surface area is 308 Å². The molecule has 0 bridgehead atoms. The van der Waals surface area contributed by atoms with Crippen molar-refractivity contribution in [2.24, 2.45) is 0 Å². The van der Waals surface area contributed by atoms with Gasteiger partial charge in [-0.05, 0) is 51.4 Å². The van der Waals surface area contributed by atoms with E-state index in [1.165, 1.54) is 64.2 Å². The zero-order chi connectivity index (χ0) is 37.2. The van der Waals surface area contributed by atoms with Crippen molar-refractivity contribution < 1.29 is 38.1 Å². The van der Waals surface area contributed by atoms with Gasteiger partial charge in [-0.3, -0.25) is 19.2 Å². The van der Waals surface area contributed by atoms with E-state index in [9.17, 15) is 19.2 Å². The summed E-state index contributed by atoms with van der Waals surface area (Å²) in [5.41, 5.74) is 0. The Morgan fingerprint density at radius 2 is 0.460 bits per heavy atom. The molecule has 0 aromatic rings. The third-order valence-corrected chi connectivity index (χ3v) is 8.57. The van der Waals surface area contributed by atoms with Gasteiger partial charge in [0, 0.05) is 25.7 Å². The fourth-order valence-corrected chi connectivity index (χ4v) is 5.22. The smallest absolute Gasteiger partial charge is 0.305 e. The Hall–Kier alpha value is -2.12. The normalized spacial score (nSPS) is 10.6. The van der Waals surface area contributed by atoms with Gasteiger partial charge in [-0.25, -0.2) is 0 Å². The van der Waals surface area contributed by atoms with E-state index in [0.717, 1.165) is 103 Å². The van der Waals surface area contributed by atoms with Crippen LogP contribution in [0.2, 0.25) is 0 Å². The molecule has 0 unspecified atom stereocenters. The second kappa shape index (κ2) is 43.0. The Morgan fingerprint density at radius 1 is 0.260 bits per heavy atom. The highest BCUT2D eigenvalue weighted by molar-refractivity contribution is 5.70. The lowest BCUT2D eigenvalue weighted by Gasteiger charge is -2.06. The Balaban J connectivity index is 0. The maximum Gasteiger partial charge on any atom is 0.305 e. The second-order valence-electron chi connectivity index (χ2n) is 13.7. The average molecular weight is 713 g/mol. The van der Waals surface area contributed by atoms with Crippen LogP contribution >= 0.6 is 0 Å². The first-order valence-corrected chi connectivity index (χ1v) is 21.0. The maximum atomic E-state index is 11.7. The average Bonchev–Trinajstić information content (AvgIpc) is 3.10. The molecule has 0 saturated heterocycles. The van der Waals surface area contributed by atoms with Crippen LogP contribution in [0.5, 0.6) is 0 Å². The summed E-state index contributed by atoms with van der Waals surface area (Å²) in [4.78, 5) is 46.0. The Kier molecular flexibility index (Phi) is 43.0. The summed E-state index contributed by atoms with van der Waals surface area (Å²) in [5, 5.41) is 0. The van der Waals surface area contributed by atoms with Crippen LogP contribution in [-0.4, -0.2) is 50.3 Å². The molecule has 0 aromatic carbocycles. The number of carbonyl (C=O) groups is 4. The highest BCUT2D eigenvalue weighted by atomic mass is 16.5. The third-order valence-electron chi connectivity index (χ3n) is 8.57. The summed E-state index contributed by atoms with van der Waals surface area (Å²) >= 11 is 0. The molecule has 8 nitrogen and oxygen atoms in total. The molecule has 8 heteroatoms. The van der Waals surface area contributed by atoms with E-state index in [0.29, 0.717) is 52.1 Å². The first kappa shape index (κ1) is 50.0. The summed E-state index contributed by atoms with van der Waals surface area (Å²) in [6.45, 7) is 10.8. The summed E-state index contributed by atoms with van der Waals surface area (Å²) in [7, 11) is 0. The van der Waals surface area contributed by atoms with Crippen molar-refractivity contribution in [3.8, 4) is 0 Å². The Morgan fingerprint density at radius 3 is 0.720 bits per heavy atom. The van der Waals surface area contributed by atoms with Gasteiger partial charge in [0.05, 0.1) is 26.4 Å². The number of carbonyl (C=O) groups excluding carboxylic acids is 4. The van der Waals surface area contributed by atoms with Crippen molar-refractivity contribution in [1.82, 2.24) is 0 Å². The molecule has 0 spiro atoms. The maximum absolute atomic E-state index is 11.7. The van der Waals surface area contributed by atoms with E-state index in [2.05, 4.69) is 27.7 Å². The van der Waals surface area contributed by atoms with Crippen LogP contribution in [0, 0.1) is 0 Å². The van der Waals surface area contributed by atoms with Crippen molar-refractivity contribution in [2.45, 2.75) is 220 Å². The molecule has 0 rings (SSSR count). The van der Waals surface area contributed by atoms with Gasteiger partial charge < -0.3 is 18.9 Å². The predicted molar refractivity (Wildman–Crippen MR) is 205 cm³/mol. The number of hydrogen-bond acceptors (Lipinski definition) is 8. The molecule has 0 aliphatic heterocycles. The van der Waals surface area contributed by atoms with Gasteiger partial charge in [-0.15, -0.1) is 0 Å². The third kappa shape index (κ3) is 43.9. The number of unbranched alkanes of at least 4 members (excludes halogenated alkanes) is 20. The molecule has 0 heterocycles. The van der Waals surface area contributed by atoms with E-state index in [1.54, 1.807) is 0 Å². The van der Waals surface area contributed by atoms with E-state index in [-0.39, 0.29) is 23.9 Å². The lowest BCUT2D eigenvalue weighted by molar-refractivity contribution is -0.145. The SMILES string of the molecule is CCCCCCCCOC(=O)CCCCCCCCC(=O)OCCCCCCCC.CCCCOC(=O)CCCCCCC(=O)OCCCC. The molecule has 0 saturated carbocycles.